The molecule has 2 aromatic rings. The van der Waals surface area contributed by atoms with E-state index in [1.165, 1.54) is 21.2 Å². The summed E-state index contributed by atoms with van der Waals surface area (Å²) in [7, 11) is -5.88. The van der Waals surface area contributed by atoms with Crippen LogP contribution in [0.25, 0.3) is 10.8 Å². The first kappa shape index (κ1) is 23.6. The van der Waals surface area contributed by atoms with E-state index in [1.807, 2.05) is 12.1 Å². The first-order valence-corrected chi connectivity index (χ1v) is 10.9. The molecule has 2 aromatic carbocycles. The third-order valence-electron chi connectivity index (χ3n) is 3.73. The van der Waals surface area contributed by atoms with Gasteiger partial charge in [-0.2, -0.15) is 13.2 Å². The Hall–Kier alpha value is -1.45. The van der Waals surface area contributed by atoms with Crippen molar-refractivity contribution in [2.75, 3.05) is 0 Å². The minimum absolute atomic E-state index is 0.206. The highest BCUT2D eigenvalue weighted by atomic mass is 32.2. The van der Waals surface area contributed by atoms with E-state index >= 15 is 0 Å². The Bertz CT molecular complexity index is 883. The monoisotopic (exact) mass is 424 g/mol. The van der Waals surface area contributed by atoms with Crippen molar-refractivity contribution in [2.24, 2.45) is 0 Å². The lowest BCUT2D eigenvalue weighted by Crippen LogP contribution is -2.24. The summed E-state index contributed by atoms with van der Waals surface area (Å²) in [6.07, 6.45) is 0. The topological polar surface area (TPSA) is 77.4 Å². The van der Waals surface area contributed by atoms with Gasteiger partial charge >= 0.3 is 5.51 Å². The predicted molar refractivity (Wildman–Crippen MR) is 102 cm³/mol. The fourth-order valence-corrected chi connectivity index (χ4v) is 5.47. The number of hydrogen-bond donors (Lipinski definition) is 1. The number of aryl methyl sites for hydroxylation is 1. The average Bonchev–Trinajstić information content (AvgIpc) is 2.47. The van der Waals surface area contributed by atoms with E-state index in [1.54, 1.807) is 6.07 Å². The summed E-state index contributed by atoms with van der Waals surface area (Å²) in [6, 6.07) is 10.2. The lowest BCUT2D eigenvalue weighted by atomic mass is 10.1. The van der Waals surface area contributed by atoms with Gasteiger partial charge in [0.25, 0.3) is 0 Å². The van der Waals surface area contributed by atoms with Crippen LogP contribution in [0.4, 0.5) is 13.2 Å². The van der Waals surface area contributed by atoms with Crippen molar-refractivity contribution in [3.63, 3.8) is 0 Å². The van der Waals surface area contributed by atoms with Crippen molar-refractivity contribution in [2.45, 2.75) is 55.5 Å². The molecule has 4 nitrogen and oxygen atoms in total. The predicted octanol–water partition coefficient (Wildman–Crippen LogP) is 4.70. The minimum Gasteiger partial charge on any atom is -0.741 e. The molecule has 0 aliphatic heterocycles. The third-order valence-corrected chi connectivity index (χ3v) is 7.19. The van der Waals surface area contributed by atoms with Crippen LogP contribution < -0.4 is 0 Å². The van der Waals surface area contributed by atoms with Crippen LogP contribution in [0, 0.1) is 6.92 Å². The average molecular weight is 425 g/mol. The van der Waals surface area contributed by atoms with Crippen LogP contribution in [0.15, 0.2) is 35.2 Å². The standard InChI is InChI=1S/C17H22OS.CHF3O3S/c1-11(2)19(12(3)4)17-9-6-13(5)15-8-7-14(18)10-16(15)17;2-1(3,4)8(5,6)7/h6-12H,1-5H3;(H,5,6,7). The largest absolute Gasteiger partial charge is 0.741 e. The van der Waals surface area contributed by atoms with Gasteiger partial charge in [-0.25, -0.2) is 8.42 Å². The molecule has 0 saturated heterocycles. The Morgan fingerprint density at radius 3 is 1.89 bits per heavy atom. The molecule has 0 aliphatic carbocycles. The van der Waals surface area contributed by atoms with Crippen LogP contribution in [0.5, 0.6) is 5.75 Å². The van der Waals surface area contributed by atoms with Crippen molar-refractivity contribution in [3.8, 4) is 5.75 Å². The maximum Gasteiger partial charge on any atom is 0.485 e. The van der Waals surface area contributed by atoms with Crippen LogP contribution in [0.1, 0.15) is 33.3 Å². The molecule has 0 saturated carbocycles. The molecule has 0 amide bonds. The van der Waals surface area contributed by atoms with Crippen LogP contribution >= 0.6 is 0 Å². The summed E-state index contributed by atoms with van der Waals surface area (Å²) in [6.45, 7) is 11.3. The summed E-state index contributed by atoms with van der Waals surface area (Å²) in [5.74, 6) is 0.357. The van der Waals surface area contributed by atoms with Crippen molar-refractivity contribution >= 4 is 31.8 Å². The summed E-state index contributed by atoms with van der Waals surface area (Å²) in [4.78, 5) is 1.39. The van der Waals surface area contributed by atoms with Gasteiger partial charge in [-0.1, -0.05) is 12.1 Å². The Morgan fingerprint density at radius 1 is 1.00 bits per heavy atom. The van der Waals surface area contributed by atoms with Crippen molar-refractivity contribution in [1.82, 2.24) is 0 Å². The molecule has 1 N–H and O–H groups in total. The van der Waals surface area contributed by atoms with Crippen molar-refractivity contribution in [3.05, 3.63) is 35.9 Å². The van der Waals surface area contributed by atoms with Gasteiger partial charge in [0.1, 0.15) is 16.2 Å². The Morgan fingerprint density at radius 2 is 1.48 bits per heavy atom. The molecule has 9 heteroatoms. The minimum atomic E-state index is -6.09. The van der Waals surface area contributed by atoms with Gasteiger partial charge in [0.2, 0.25) is 0 Å². The zero-order valence-corrected chi connectivity index (χ0v) is 17.3. The lowest BCUT2D eigenvalue weighted by molar-refractivity contribution is -0.0517. The van der Waals surface area contributed by atoms with Gasteiger partial charge < -0.3 is 9.66 Å². The highest BCUT2D eigenvalue weighted by Crippen LogP contribution is 2.33. The van der Waals surface area contributed by atoms with Crippen LogP contribution in [0.2, 0.25) is 0 Å². The molecule has 0 aliphatic rings. The van der Waals surface area contributed by atoms with Gasteiger partial charge in [-0.3, -0.25) is 0 Å². The Kier molecular flexibility index (Phi) is 7.60. The summed E-state index contributed by atoms with van der Waals surface area (Å²) in [5, 5.41) is 13.5. The normalized spacial score (nSPS) is 12.6. The summed E-state index contributed by atoms with van der Waals surface area (Å²) < 4.78 is 58.9. The number of phenols is 1. The first-order valence-electron chi connectivity index (χ1n) is 8.13. The fourth-order valence-electron chi connectivity index (χ4n) is 2.72. The van der Waals surface area contributed by atoms with Gasteiger partial charge in [0.05, 0.1) is 0 Å². The molecular formula is C18H23F3O4S2. The first-order chi connectivity index (χ1) is 12.2. The number of hydrogen-bond acceptors (Lipinski definition) is 4. The van der Waals surface area contributed by atoms with Gasteiger partial charge in [0.15, 0.2) is 15.0 Å². The summed E-state index contributed by atoms with van der Waals surface area (Å²) >= 11 is 0. The van der Waals surface area contributed by atoms with E-state index in [0.29, 0.717) is 16.2 Å². The number of aromatic hydroxyl groups is 1. The van der Waals surface area contributed by atoms with E-state index in [9.17, 15) is 18.3 Å². The quantitative estimate of drug-likeness (QED) is 0.440. The molecule has 27 heavy (non-hydrogen) atoms. The molecule has 0 heterocycles. The van der Waals surface area contributed by atoms with Gasteiger partial charge in [-0.15, -0.1) is 0 Å². The Balaban J connectivity index is 0.000000387. The second-order valence-electron chi connectivity index (χ2n) is 6.48. The molecule has 0 spiro atoms. The molecule has 2 rings (SSSR count). The number of rotatable bonds is 3. The number of benzene rings is 2. The number of alkyl halides is 3. The molecule has 0 aromatic heterocycles. The van der Waals surface area contributed by atoms with Crippen molar-refractivity contribution < 1.29 is 31.2 Å². The van der Waals surface area contributed by atoms with Crippen molar-refractivity contribution in [1.29, 1.82) is 0 Å². The third kappa shape index (κ3) is 6.02. The molecular weight excluding hydrogens is 401 g/mol. The highest BCUT2D eigenvalue weighted by Gasteiger charge is 2.37. The number of halogens is 3. The second-order valence-corrected chi connectivity index (χ2v) is 10.9. The summed E-state index contributed by atoms with van der Waals surface area (Å²) in [5.41, 5.74) is -4.37. The van der Waals surface area contributed by atoms with Gasteiger partial charge in [0, 0.05) is 16.3 Å². The van der Waals surface area contributed by atoms with Crippen LogP contribution in [-0.4, -0.2) is 34.1 Å². The SMILES string of the molecule is Cc1ccc([S+](C(C)C)C(C)C)c2cc(O)ccc12.O=S(=O)([O-])C(F)(F)F. The van der Waals surface area contributed by atoms with E-state index in [0.717, 1.165) is 0 Å². The van der Waals surface area contributed by atoms with Gasteiger partial charge in [-0.05, 0) is 63.8 Å². The molecule has 152 valence electrons. The maximum atomic E-state index is 10.7. The fraction of sp³-hybridized carbons (Fsp3) is 0.444. The lowest BCUT2D eigenvalue weighted by Gasteiger charge is -2.18. The molecule has 0 fully saturated rings. The van der Waals surface area contributed by atoms with E-state index < -0.39 is 15.6 Å². The van der Waals surface area contributed by atoms with Crippen LogP contribution in [-0.2, 0) is 21.0 Å². The second kappa shape index (κ2) is 8.70. The zero-order chi connectivity index (χ0) is 21.2. The smallest absolute Gasteiger partial charge is 0.485 e. The van der Waals surface area contributed by atoms with Crippen LogP contribution in [0.3, 0.4) is 0 Å². The molecule has 0 bridgehead atoms. The molecule has 0 radical (unpaired) electrons. The Labute approximate surface area is 160 Å². The number of fused-ring (bicyclic) bond motifs is 1. The maximum absolute atomic E-state index is 10.7. The molecule has 0 unspecified atom stereocenters. The molecule has 0 atom stereocenters. The highest BCUT2D eigenvalue weighted by molar-refractivity contribution is 7.98. The van der Waals surface area contributed by atoms with E-state index in [-0.39, 0.29) is 10.9 Å². The number of phenolic OH excluding ortho intramolecular Hbond substituents is 1. The van der Waals surface area contributed by atoms with E-state index in [4.69, 9.17) is 13.0 Å². The van der Waals surface area contributed by atoms with E-state index in [2.05, 4.69) is 46.8 Å². The zero-order valence-electron chi connectivity index (χ0n) is 15.7.